The van der Waals surface area contributed by atoms with E-state index in [2.05, 4.69) is 186 Å². The molecule has 0 fully saturated rings. The highest BCUT2D eigenvalue weighted by atomic mass is 16.5. The quantitative estimate of drug-likeness (QED) is 0.145. The van der Waals surface area contributed by atoms with E-state index in [0.29, 0.717) is 23.7 Å². The minimum atomic E-state index is 0.411. The van der Waals surface area contributed by atoms with Gasteiger partial charge in [0.2, 0.25) is 0 Å². The molecule has 0 N–H and O–H groups in total. The third-order valence-corrected chi connectivity index (χ3v) is 12.4. The Morgan fingerprint density at radius 2 is 0.847 bits per heavy atom. The van der Waals surface area contributed by atoms with Crippen LogP contribution in [0.25, 0.3) is 76.9 Å². The molecule has 0 saturated heterocycles. The number of aromatic nitrogens is 4. The summed E-state index contributed by atoms with van der Waals surface area (Å²) in [6.45, 7) is 18.3. The zero-order chi connectivity index (χ0) is 40.7. The molecule has 292 valence electrons. The zero-order valence-electron chi connectivity index (χ0n) is 35.2. The Morgan fingerprint density at radius 3 is 1.36 bits per heavy atom. The van der Waals surface area contributed by atoms with Crippen molar-refractivity contribution in [2.24, 2.45) is 0 Å². The van der Waals surface area contributed by atoms with E-state index >= 15 is 0 Å². The second-order valence-electron chi connectivity index (χ2n) is 17.5. The zero-order valence-corrected chi connectivity index (χ0v) is 35.2. The molecule has 4 aromatic heterocycles. The lowest BCUT2D eigenvalue weighted by atomic mass is 9.84. The molecule has 0 saturated carbocycles. The Kier molecular flexibility index (Phi) is 8.82. The lowest BCUT2D eigenvalue weighted by molar-refractivity contribution is 0.484. The van der Waals surface area contributed by atoms with E-state index in [0.717, 1.165) is 55.4 Å². The molecule has 0 spiro atoms. The van der Waals surface area contributed by atoms with Crippen LogP contribution in [0, 0.1) is 0 Å². The van der Waals surface area contributed by atoms with E-state index in [-0.39, 0.29) is 0 Å². The van der Waals surface area contributed by atoms with Crippen molar-refractivity contribution in [3.63, 3.8) is 0 Å². The topological polar surface area (TPSA) is 43.8 Å². The molecule has 0 amide bonds. The second-order valence-corrected chi connectivity index (χ2v) is 17.5. The minimum absolute atomic E-state index is 0.411. The molecule has 0 unspecified atom stereocenters. The highest BCUT2D eigenvalue weighted by Crippen LogP contribution is 2.42. The Labute approximate surface area is 345 Å². The maximum atomic E-state index is 6.72. The number of pyridine rings is 2. The molecule has 5 nitrogen and oxygen atoms in total. The summed E-state index contributed by atoms with van der Waals surface area (Å²) in [5.74, 6) is 3.18. The van der Waals surface area contributed by atoms with Crippen LogP contribution in [-0.2, 0) is 0 Å². The van der Waals surface area contributed by atoms with Crippen LogP contribution in [0.3, 0.4) is 0 Å². The van der Waals surface area contributed by atoms with Crippen molar-refractivity contribution in [1.82, 2.24) is 18.8 Å². The summed E-state index contributed by atoms with van der Waals surface area (Å²) in [5.41, 5.74) is 14.8. The Bertz CT molecular complexity index is 3220. The van der Waals surface area contributed by atoms with Gasteiger partial charge in [-0.3, -0.25) is 8.80 Å². The molecule has 10 rings (SSSR count). The summed E-state index contributed by atoms with van der Waals surface area (Å²) < 4.78 is 11.2. The molecule has 10 aromatic rings. The summed E-state index contributed by atoms with van der Waals surface area (Å²) in [6.07, 6.45) is 7.92. The third kappa shape index (κ3) is 5.97. The van der Waals surface area contributed by atoms with Crippen molar-refractivity contribution < 1.29 is 4.74 Å². The van der Waals surface area contributed by atoms with Crippen molar-refractivity contribution in [1.29, 1.82) is 0 Å². The standard InChI is InChI=1S/C54H50N4O/c1-31(2)39-11-9-12-40(32(3)4)51(39)35-16-22-49-46(27-35)44-21-18-38(30-48(44)53-55-23-25-57(49)53)59-37-17-20-43-45-19-15-36(28-50(45)58-26-24-56-54(58)47(43)29-37)52-41(33(5)6)13-10-14-42(52)34(7)8/h9-34H,1-8H3. The monoisotopic (exact) mass is 770 g/mol. The molecular formula is C54H50N4O. The van der Waals surface area contributed by atoms with Crippen LogP contribution in [0.5, 0.6) is 11.5 Å². The fourth-order valence-electron chi connectivity index (χ4n) is 9.54. The first-order valence-electron chi connectivity index (χ1n) is 21.2. The predicted octanol–water partition coefficient (Wildman–Crippen LogP) is 15.2. The smallest absolute Gasteiger partial charge is 0.145 e. The third-order valence-electron chi connectivity index (χ3n) is 12.4. The lowest BCUT2D eigenvalue weighted by Gasteiger charge is -2.21. The van der Waals surface area contributed by atoms with Gasteiger partial charge >= 0.3 is 0 Å². The molecule has 6 aromatic carbocycles. The molecule has 5 heteroatoms. The van der Waals surface area contributed by atoms with Gasteiger partial charge in [0, 0.05) is 46.3 Å². The van der Waals surface area contributed by atoms with Gasteiger partial charge < -0.3 is 4.74 Å². The first-order valence-corrected chi connectivity index (χ1v) is 21.2. The molecular weight excluding hydrogens is 721 g/mol. The predicted molar refractivity (Wildman–Crippen MR) is 248 cm³/mol. The maximum absolute atomic E-state index is 6.72. The fraction of sp³-hybridized carbons (Fsp3) is 0.222. The summed E-state index contributed by atoms with van der Waals surface area (Å²) in [4.78, 5) is 9.74. The number of nitrogens with zero attached hydrogens (tertiary/aromatic N) is 4. The molecule has 59 heavy (non-hydrogen) atoms. The number of hydrogen-bond donors (Lipinski definition) is 0. The van der Waals surface area contributed by atoms with Crippen LogP contribution >= 0.6 is 0 Å². The van der Waals surface area contributed by atoms with E-state index in [1.807, 2.05) is 12.4 Å². The maximum Gasteiger partial charge on any atom is 0.145 e. The van der Waals surface area contributed by atoms with Crippen molar-refractivity contribution in [2.45, 2.75) is 79.1 Å². The largest absolute Gasteiger partial charge is 0.457 e. The molecule has 0 aliphatic heterocycles. The van der Waals surface area contributed by atoms with Crippen LogP contribution in [0.1, 0.15) is 101 Å². The van der Waals surface area contributed by atoms with Gasteiger partial charge in [0.25, 0.3) is 0 Å². The van der Waals surface area contributed by atoms with Crippen LogP contribution in [0.2, 0.25) is 0 Å². The summed E-state index contributed by atoms with van der Waals surface area (Å²) in [5, 5.41) is 6.79. The highest BCUT2D eigenvalue weighted by Gasteiger charge is 2.20. The summed E-state index contributed by atoms with van der Waals surface area (Å²) >= 11 is 0. The average molecular weight is 771 g/mol. The van der Waals surface area contributed by atoms with E-state index in [4.69, 9.17) is 14.7 Å². The summed E-state index contributed by atoms with van der Waals surface area (Å²) in [7, 11) is 0. The first-order chi connectivity index (χ1) is 28.6. The lowest BCUT2D eigenvalue weighted by Crippen LogP contribution is -2.00. The molecule has 0 radical (unpaired) electrons. The van der Waals surface area contributed by atoms with Gasteiger partial charge in [0.05, 0.1) is 11.0 Å². The van der Waals surface area contributed by atoms with Crippen molar-refractivity contribution >= 4 is 54.6 Å². The van der Waals surface area contributed by atoms with Crippen LogP contribution in [0.15, 0.2) is 134 Å². The molecule has 4 heterocycles. The number of ether oxygens (including phenoxy) is 1. The Morgan fingerprint density at radius 1 is 0.407 bits per heavy atom. The van der Waals surface area contributed by atoms with Gasteiger partial charge in [0.15, 0.2) is 0 Å². The number of benzene rings is 6. The normalized spacial score (nSPS) is 12.3. The van der Waals surface area contributed by atoms with Gasteiger partial charge in [-0.05, 0) is 134 Å². The van der Waals surface area contributed by atoms with E-state index in [1.165, 1.54) is 55.3 Å². The number of hydrogen-bond acceptors (Lipinski definition) is 3. The van der Waals surface area contributed by atoms with E-state index < -0.39 is 0 Å². The number of imidazole rings is 2. The molecule has 0 bridgehead atoms. The molecule has 0 aliphatic rings. The Hall–Kier alpha value is -6.46. The average Bonchev–Trinajstić information content (AvgIpc) is 3.95. The minimum Gasteiger partial charge on any atom is -0.457 e. The second kappa shape index (κ2) is 14.1. The van der Waals surface area contributed by atoms with Crippen molar-refractivity contribution in [2.75, 3.05) is 0 Å². The van der Waals surface area contributed by atoms with Crippen molar-refractivity contribution in [3.8, 4) is 33.8 Å². The van der Waals surface area contributed by atoms with Gasteiger partial charge in [-0.1, -0.05) is 110 Å². The summed E-state index contributed by atoms with van der Waals surface area (Å²) in [6, 6.07) is 40.3. The number of rotatable bonds is 8. The fourth-order valence-corrected chi connectivity index (χ4v) is 9.54. The van der Waals surface area contributed by atoms with Crippen LogP contribution < -0.4 is 4.74 Å². The van der Waals surface area contributed by atoms with E-state index in [1.54, 1.807) is 0 Å². The highest BCUT2D eigenvalue weighted by molar-refractivity contribution is 6.14. The van der Waals surface area contributed by atoms with Gasteiger partial charge in [-0.2, -0.15) is 0 Å². The van der Waals surface area contributed by atoms with Crippen LogP contribution in [0.4, 0.5) is 0 Å². The first kappa shape index (κ1) is 36.9. The molecule has 0 atom stereocenters. The van der Waals surface area contributed by atoms with Crippen molar-refractivity contribution in [3.05, 3.63) is 156 Å². The molecule has 0 aliphatic carbocycles. The Balaban J connectivity index is 1.08. The van der Waals surface area contributed by atoms with Crippen LogP contribution in [-0.4, -0.2) is 18.8 Å². The number of fused-ring (bicyclic) bond motifs is 12. The van der Waals surface area contributed by atoms with Gasteiger partial charge in [-0.25, -0.2) is 9.97 Å². The van der Waals surface area contributed by atoms with Gasteiger partial charge in [-0.15, -0.1) is 0 Å². The SMILES string of the molecule is CC(C)c1cccc(C(C)C)c1-c1ccc2c(c1)c1ccc(Oc3ccc4c5ccc(-c6c(C(C)C)cccc6C(C)C)cc5n5ccnc5c4c3)cc1c1nccn21. The van der Waals surface area contributed by atoms with Gasteiger partial charge in [0.1, 0.15) is 22.8 Å². The van der Waals surface area contributed by atoms with E-state index in [9.17, 15) is 0 Å².